The van der Waals surface area contributed by atoms with Crippen LogP contribution in [0, 0.1) is 0 Å². The first-order valence-electron chi connectivity index (χ1n) is 6.49. The predicted octanol–water partition coefficient (Wildman–Crippen LogP) is 1.54. The van der Waals surface area contributed by atoms with Crippen LogP contribution in [0.3, 0.4) is 0 Å². The molecule has 6 nitrogen and oxygen atoms in total. The monoisotopic (exact) mass is 306 g/mol. The molecule has 0 spiro atoms. The summed E-state index contributed by atoms with van der Waals surface area (Å²) >= 11 is 1.33. The highest BCUT2D eigenvalue weighted by Crippen LogP contribution is 2.35. The Kier molecular flexibility index (Phi) is 5.35. The van der Waals surface area contributed by atoms with Crippen LogP contribution in [0.15, 0.2) is 35.5 Å². The normalized spacial score (nSPS) is 12.1. The summed E-state index contributed by atoms with van der Waals surface area (Å²) in [5.41, 5.74) is 0.882. The second kappa shape index (κ2) is 7.24. The van der Waals surface area contributed by atoms with Crippen molar-refractivity contribution < 1.29 is 9.53 Å². The highest BCUT2D eigenvalue weighted by atomic mass is 32.2. The largest absolute Gasteiger partial charge is 0.468 e. The van der Waals surface area contributed by atoms with Gasteiger partial charge in [0.25, 0.3) is 0 Å². The van der Waals surface area contributed by atoms with Crippen LogP contribution < -0.4 is 5.32 Å². The fourth-order valence-electron chi connectivity index (χ4n) is 1.85. The molecule has 1 heterocycles. The van der Waals surface area contributed by atoms with Crippen molar-refractivity contribution in [3.63, 3.8) is 0 Å². The van der Waals surface area contributed by atoms with Gasteiger partial charge in [-0.15, -0.1) is 10.2 Å². The number of hydrogen-bond acceptors (Lipinski definition) is 6. The van der Waals surface area contributed by atoms with E-state index in [0.29, 0.717) is 11.7 Å². The fourth-order valence-corrected chi connectivity index (χ4v) is 2.90. The summed E-state index contributed by atoms with van der Waals surface area (Å²) in [6.45, 7) is 0.623. The van der Waals surface area contributed by atoms with Crippen molar-refractivity contribution in [2.75, 3.05) is 14.2 Å². The maximum Gasteiger partial charge on any atom is 0.323 e. The van der Waals surface area contributed by atoms with Crippen LogP contribution in [-0.2, 0) is 23.1 Å². The van der Waals surface area contributed by atoms with Gasteiger partial charge in [-0.2, -0.15) is 0 Å². The number of esters is 1. The minimum atomic E-state index is -0.457. The van der Waals surface area contributed by atoms with Gasteiger partial charge in [-0.25, -0.2) is 0 Å². The second-order valence-corrected chi connectivity index (χ2v) is 5.49. The van der Waals surface area contributed by atoms with Crippen LogP contribution in [0.1, 0.15) is 16.6 Å². The molecule has 1 unspecified atom stereocenters. The van der Waals surface area contributed by atoms with E-state index in [2.05, 4.69) is 15.5 Å². The van der Waals surface area contributed by atoms with Gasteiger partial charge in [-0.3, -0.25) is 4.79 Å². The standard InChI is InChI=1S/C14H18N4O2S/c1-15-9-11-16-17-14(18(11)2)21-12(13(19)20-3)10-7-5-4-6-8-10/h4-8,12,15H,9H2,1-3H3. The summed E-state index contributed by atoms with van der Waals surface area (Å²) in [7, 11) is 5.12. The molecule has 1 atom stereocenters. The minimum absolute atomic E-state index is 0.302. The molecule has 0 amide bonds. The molecule has 1 N–H and O–H groups in total. The quantitative estimate of drug-likeness (QED) is 0.645. The number of nitrogens with zero attached hydrogens (tertiary/aromatic N) is 3. The number of thioether (sulfide) groups is 1. The van der Waals surface area contributed by atoms with E-state index >= 15 is 0 Å². The number of rotatable bonds is 6. The summed E-state index contributed by atoms with van der Waals surface area (Å²) in [6.07, 6.45) is 0. The Balaban J connectivity index is 2.26. The number of methoxy groups -OCH3 is 1. The Hall–Kier alpha value is -1.86. The molecule has 0 aliphatic carbocycles. The van der Waals surface area contributed by atoms with Crippen LogP contribution in [0.4, 0.5) is 0 Å². The lowest BCUT2D eigenvalue weighted by Gasteiger charge is -2.14. The molecule has 1 aromatic heterocycles. The Labute approximate surface area is 127 Å². The zero-order valence-electron chi connectivity index (χ0n) is 12.2. The van der Waals surface area contributed by atoms with Crippen molar-refractivity contribution in [2.24, 2.45) is 7.05 Å². The topological polar surface area (TPSA) is 69.0 Å². The number of ether oxygens (including phenoxy) is 1. The van der Waals surface area contributed by atoms with Gasteiger partial charge in [-0.05, 0) is 12.6 Å². The molecule has 0 aliphatic heterocycles. The van der Waals surface area contributed by atoms with Crippen LogP contribution in [0.25, 0.3) is 0 Å². The van der Waals surface area contributed by atoms with E-state index in [-0.39, 0.29) is 5.97 Å². The Morgan fingerprint density at radius 1 is 1.38 bits per heavy atom. The van der Waals surface area contributed by atoms with E-state index in [4.69, 9.17) is 4.74 Å². The lowest BCUT2D eigenvalue weighted by atomic mass is 10.1. The number of aromatic nitrogens is 3. The number of nitrogens with one attached hydrogen (secondary N) is 1. The van der Waals surface area contributed by atoms with Crippen LogP contribution in [0.2, 0.25) is 0 Å². The number of hydrogen-bond donors (Lipinski definition) is 1. The zero-order chi connectivity index (χ0) is 15.2. The van der Waals surface area contributed by atoms with Gasteiger partial charge in [0.05, 0.1) is 13.7 Å². The Morgan fingerprint density at radius 2 is 2.10 bits per heavy atom. The van der Waals surface area contributed by atoms with Gasteiger partial charge < -0.3 is 14.6 Å². The van der Waals surface area contributed by atoms with Crippen LogP contribution >= 0.6 is 11.8 Å². The van der Waals surface area contributed by atoms with E-state index < -0.39 is 5.25 Å². The van der Waals surface area contributed by atoms with Crippen molar-refractivity contribution >= 4 is 17.7 Å². The van der Waals surface area contributed by atoms with Crippen molar-refractivity contribution in [3.05, 3.63) is 41.7 Å². The Bertz CT molecular complexity index is 600. The van der Waals surface area contributed by atoms with Crippen LogP contribution in [-0.4, -0.2) is 34.9 Å². The molecule has 7 heteroatoms. The second-order valence-electron chi connectivity index (χ2n) is 4.42. The third kappa shape index (κ3) is 3.62. The molecular formula is C14H18N4O2S. The lowest BCUT2D eigenvalue weighted by molar-refractivity contribution is -0.140. The van der Waals surface area contributed by atoms with Gasteiger partial charge in [-0.1, -0.05) is 42.1 Å². The first-order valence-corrected chi connectivity index (χ1v) is 7.37. The van der Waals surface area contributed by atoms with E-state index in [1.54, 1.807) is 0 Å². The van der Waals surface area contributed by atoms with Gasteiger partial charge in [0.15, 0.2) is 5.16 Å². The smallest absolute Gasteiger partial charge is 0.323 e. The highest BCUT2D eigenvalue weighted by molar-refractivity contribution is 8.00. The summed E-state index contributed by atoms with van der Waals surface area (Å²) in [5.74, 6) is 0.515. The molecule has 0 saturated heterocycles. The predicted molar refractivity (Wildman–Crippen MR) is 80.8 cm³/mol. The van der Waals surface area contributed by atoms with Crippen LogP contribution in [0.5, 0.6) is 0 Å². The summed E-state index contributed by atoms with van der Waals surface area (Å²) in [4.78, 5) is 12.0. The van der Waals surface area contributed by atoms with Gasteiger partial charge >= 0.3 is 5.97 Å². The molecule has 112 valence electrons. The fraction of sp³-hybridized carbons (Fsp3) is 0.357. The van der Waals surface area contributed by atoms with Gasteiger partial charge in [0.2, 0.25) is 0 Å². The van der Waals surface area contributed by atoms with Crippen molar-refractivity contribution in [1.82, 2.24) is 20.1 Å². The average Bonchev–Trinajstić information content (AvgIpc) is 2.86. The van der Waals surface area contributed by atoms with E-state index in [1.165, 1.54) is 18.9 Å². The molecule has 0 saturated carbocycles. The maximum atomic E-state index is 12.0. The molecular weight excluding hydrogens is 288 g/mol. The van der Waals surface area contributed by atoms with E-state index in [9.17, 15) is 4.79 Å². The number of carbonyl (C=O) groups excluding carboxylic acids is 1. The summed E-state index contributed by atoms with van der Waals surface area (Å²) < 4.78 is 6.78. The Morgan fingerprint density at radius 3 is 2.71 bits per heavy atom. The summed E-state index contributed by atoms with van der Waals surface area (Å²) in [6, 6.07) is 9.51. The third-order valence-corrected chi connectivity index (χ3v) is 4.27. The van der Waals surface area contributed by atoms with Crippen molar-refractivity contribution in [2.45, 2.75) is 17.0 Å². The van der Waals surface area contributed by atoms with Gasteiger partial charge in [0, 0.05) is 7.05 Å². The van der Waals surface area contributed by atoms with E-state index in [1.807, 2.05) is 49.0 Å². The molecule has 2 rings (SSSR count). The number of benzene rings is 1. The highest BCUT2D eigenvalue weighted by Gasteiger charge is 2.25. The maximum absolute atomic E-state index is 12.0. The molecule has 0 radical (unpaired) electrons. The van der Waals surface area contributed by atoms with Gasteiger partial charge in [0.1, 0.15) is 11.1 Å². The first kappa shape index (κ1) is 15.5. The number of carbonyl (C=O) groups is 1. The lowest BCUT2D eigenvalue weighted by Crippen LogP contribution is -2.13. The average molecular weight is 306 g/mol. The SMILES string of the molecule is CNCc1nnc(SC(C(=O)OC)c2ccccc2)n1C. The van der Waals surface area contributed by atoms with Crippen molar-refractivity contribution in [3.8, 4) is 0 Å². The molecule has 0 bridgehead atoms. The molecule has 0 fully saturated rings. The molecule has 21 heavy (non-hydrogen) atoms. The summed E-state index contributed by atoms with van der Waals surface area (Å²) in [5, 5.41) is 11.5. The molecule has 1 aromatic carbocycles. The first-order chi connectivity index (χ1) is 10.2. The molecule has 0 aliphatic rings. The zero-order valence-corrected chi connectivity index (χ0v) is 13.1. The third-order valence-electron chi connectivity index (χ3n) is 3.00. The van der Waals surface area contributed by atoms with Crippen molar-refractivity contribution in [1.29, 1.82) is 0 Å². The molecule has 2 aromatic rings. The van der Waals surface area contributed by atoms with E-state index in [0.717, 1.165) is 11.4 Å². The minimum Gasteiger partial charge on any atom is -0.468 e.